The van der Waals surface area contributed by atoms with Crippen molar-refractivity contribution in [2.45, 2.75) is 85.2 Å². The quantitative estimate of drug-likeness (QED) is 0.332. The molecule has 0 radical (unpaired) electrons. The monoisotopic (exact) mass is 460 g/mol. The summed E-state index contributed by atoms with van der Waals surface area (Å²) < 4.78 is 4.53. The van der Waals surface area contributed by atoms with Crippen LogP contribution in [0.3, 0.4) is 0 Å². The molecule has 29 heavy (non-hydrogen) atoms. The number of rotatable bonds is 8. The van der Waals surface area contributed by atoms with Crippen molar-refractivity contribution in [3.63, 3.8) is 0 Å². The standard InChI is InChI=1S/2C8H13S.2C5H5.Ti/c2*1-3-7-5-8(4-2)9-6-7;2*1-2-4-5-3-1;/h2*6H,3-5H2,1-2H3;2*1-3H,4H2;. The Morgan fingerprint density at radius 3 is 1.48 bits per heavy atom. The van der Waals surface area contributed by atoms with Gasteiger partial charge < -0.3 is 0 Å². The van der Waals surface area contributed by atoms with E-state index in [2.05, 4.69) is 98.5 Å². The first kappa shape index (κ1) is 22.1. The van der Waals surface area contributed by atoms with E-state index in [1.54, 1.807) is 11.1 Å². The van der Waals surface area contributed by atoms with Gasteiger partial charge in [0.2, 0.25) is 0 Å². The van der Waals surface area contributed by atoms with Crippen LogP contribution in [0.2, 0.25) is 0 Å². The van der Waals surface area contributed by atoms with E-state index in [1.165, 1.54) is 51.4 Å². The minimum absolute atomic E-state index is 0.404. The third-order valence-electron chi connectivity index (χ3n) is 7.85. The number of hydrogen-bond acceptors (Lipinski definition) is 2. The summed E-state index contributed by atoms with van der Waals surface area (Å²) in [6, 6.07) is 0. The topological polar surface area (TPSA) is 0 Å². The molecule has 3 heteroatoms. The van der Waals surface area contributed by atoms with Crippen molar-refractivity contribution < 1.29 is 16.6 Å². The average molecular weight is 461 g/mol. The van der Waals surface area contributed by atoms with Gasteiger partial charge in [-0.25, -0.2) is 0 Å². The molecule has 0 N–H and O–H groups in total. The van der Waals surface area contributed by atoms with E-state index in [1.807, 2.05) is 7.76 Å². The summed E-state index contributed by atoms with van der Waals surface area (Å²) in [5, 5.41) is 5.15. The predicted octanol–water partition coefficient (Wildman–Crippen LogP) is 8.90. The maximum atomic E-state index is 2.58. The number of hydrogen-bond donors (Lipinski definition) is 0. The Morgan fingerprint density at radius 1 is 0.759 bits per heavy atom. The Bertz CT molecular complexity index is 771. The normalized spacial score (nSPS) is 31.3. The van der Waals surface area contributed by atoms with Crippen LogP contribution in [-0.4, -0.2) is 6.10 Å². The third kappa shape index (κ3) is 3.24. The molecule has 0 aromatic heterocycles. The van der Waals surface area contributed by atoms with E-state index in [9.17, 15) is 0 Å². The molecule has 2 aliphatic carbocycles. The fourth-order valence-electron chi connectivity index (χ4n) is 6.34. The molecular formula is C26H36S2Ti. The molecule has 0 amide bonds. The van der Waals surface area contributed by atoms with E-state index >= 15 is 0 Å². The molecule has 2 aliphatic heterocycles. The number of allylic oxidation sites excluding steroid dienone is 10. The second-order valence-electron chi connectivity index (χ2n) is 8.94. The van der Waals surface area contributed by atoms with Gasteiger partial charge in [-0.05, 0) is 0 Å². The van der Waals surface area contributed by atoms with Crippen molar-refractivity contribution in [1.82, 2.24) is 0 Å². The zero-order valence-corrected chi connectivity index (χ0v) is 21.8. The van der Waals surface area contributed by atoms with Crippen LogP contribution in [0, 0.1) is 0 Å². The fraction of sp³-hybridized carbons (Fsp3) is 0.538. The third-order valence-corrected chi connectivity index (χ3v) is 24.2. The summed E-state index contributed by atoms with van der Waals surface area (Å²) >= 11 is 1.71. The summed E-state index contributed by atoms with van der Waals surface area (Å²) in [6.45, 7) is 9.72. The van der Waals surface area contributed by atoms with Crippen LogP contribution < -0.4 is 0 Å². The molecule has 0 saturated heterocycles. The van der Waals surface area contributed by atoms with Crippen molar-refractivity contribution in [2.75, 3.05) is 0 Å². The van der Waals surface area contributed by atoms with Crippen LogP contribution in [0.5, 0.6) is 0 Å². The summed E-state index contributed by atoms with van der Waals surface area (Å²) in [5.41, 5.74) is 3.39. The second-order valence-corrected chi connectivity index (χ2v) is 19.9. The second kappa shape index (κ2) is 8.77. The summed E-state index contributed by atoms with van der Waals surface area (Å²) in [7, 11) is 0. The van der Waals surface area contributed by atoms with Crippen LogP contribution in [0.1, 0.15) is 79.1 Å². The molecule has 0 saturated carbocycles. The zero-order valence-electron chi connectivity index (χ0n) is 18.6. The Morgan fingerprint density at radius 2 is 1.21 bits per heavy atom. The molecule has 4 rings (SSSR count). The Kier molecular flexibility index (Phi) is 6.67. The minimum atomic E-state index is -2.81. The van der Waals surface area contributed by atoms with Crippen LogP contribution in [0.15, 0.2) is 66.2 Å². The van der Waals surface area contributed by atoms with Gasteiger partial charge in [0.05, 0.1) is 0 Å². The molecule has 0 spiro atoms. The summed E-state index contributed by atoms with van der Waals surface area (Å²) in [6.07, 6.45) is 24.8. The van der Waals surface area contributed by atoms with Gasteiger partial charge in [-0.15, -0.1) is 0 Å². The van der Waals surface area contributed by atoms with Crippen molar-refractivity contribution in [3.05, 3.63) is 66.2 Å². The van der Waals surface area contributed by atoms with Crippen molar-refractivity contribution in [1.29, 1.82) is 0 Å². The zero-order chi connectivity index (χ0) is 20.5. The first-order valence-corrected chi connectivity index (χ1v) is 16.4. The van der Waals surface area contributed by atoms with E-state index in [0.717, 1.165) is 0 Å². The molecule has 4 aliphatic rings. The van der Waals surface area contributed by atoms with Gasteiger partial charge in [0.1, 0.15) is 0 Å². The van der Waals surface area contributed by atoms with E-state index < -0.39 is 16.6 Å². The Hall–Kier alpha value is -0.146. The van der Waals surface area contributed by atoms with Gasteiger partial charge in [-0.3, -0.25) is 0 Å². The molecule has 0 aromatic carbocycles. The summed E-state index contributed by atoms with van der Waals surface area (Å²) in [5.74, 6) is 0. The molecule has 2 unspecified atom stereocenters. The van der Waals surface area contributed by atoms with Crippen LogP contribution in [0.25, 0.3) is 0 Å². The molecule has 156 valence electrons. The molecule has 0 fully saturated rings. The summed E-state index contributed by atoms with van der Waals surface area (Å²) in [4.78, 5) is 0. The SMILES string of the molecule is CCC1=CS[C](CC)([Ti]([C]2=CC=CC2)([C]2=CC=CC2)[C]2(CC)CC(CC)=CS2)C1. The first-order valence-electron chi connectivity index (χ1n) is 11.5. The van der Waals surface area contributed by atoms with Gasteiger partial charge in [0.25, 0.3) is 0 Å². The van der Waals surface area contributed by atoms with Gasteiger partial charge in [0, 0.05) is 0 Å². The van der Waals surface area contributed by atoms with E-state index in [0.29, 0.717) is 6.10 Å². The number of thioether (sulfide) groups is 2. The van der Waals surface area contributed by atoms with Gasteiger partial charge in [0.15, 0.2) is 0 Å². The van der Waals surface area contributed by atoms with Crippen LogP contribution >= 0.6 is 23.5 Å². The molecule has 2 heterocycles. The van der Waals surface area contributed by atoms with Gasteiger partial charge >= 0.3 is 191 Å². The first-order chi connectivity index (χ1) is 14.1. The van der Waals surface area contributed by atoms with Crippen molar-refractivity contribution >= 4 is 23.5 Å². The van der Waals surface area contributed by atoms with Crippen molar-refractivity contribution in [3.8, 4) is 0 Å². The van der Waals surface area contributed by atoms with E-state index in [-0.39, 0.29) is 0 Å². The Balaban J connectivity index is 1.96. The molecule has 0 aromatic rings. The molecule has 0 bridgehead atoms. The van der Waals surface area contributed by atoms with Crippen LogP contribution in [0.4, 0.5) is 0 Å². The van der Waals surface area contributed by atoms with E-state index in [4.69, 9.17) is 0 Å². The molecular weight excluding hydrogens is 424 g/mol. The maximum absolute atomic E-state index is 2.81. The Labute approximate surface area is 190 Å². The fourth-order valence-corrected chi connectivity index (χ4v) is 26.3. The molecule has 0 nitrogen and oxygen atoms in total. The molecule has 2 atom stereocenters. The van der Waals surface area contributed by atoms with Crippen LogP contribution in [-0.2, 0) is 16.6 Å². The van der Waals surface area contributed by atoms with Gasteiger partial charge in [-0.1, -0.05) is 0 Å². The van der Waals surface area contributed by atoms with Gasteiger partial charge in [-0.2, -0.15) is 0 Å². The predicted molar refractivity (Wildman–Crippen MR) is 131 cm³/mol. The average Bonchev–Trinajstić information content (AvgIpc) is 3.57. The van der Waals surface area contributed by atoms with Crippen molar-refractivity contribution in [2.24, 2.45) is 0 Å².